The molecule has 16 heavy (non-hydrogen) atoms. The van der Waals surface area contributed by atoms with Gasteiger partial charge in [-0.25, -0.2) is 0 Å². The van der Waals surface area contributed by atoms with Gasteiger partial charge < -0.3 is 10.4 Å². The second-order valence-corrected chi connectivity index (χ2v) is 5.68. The Morgan fingerprint density at radius 3 is 2.69 bits per heavy atom. The molecule has 0 spiro atoms. The summed E-state index contributed by atoms with van der Waals surface area (Å²) in [5.74, 6) is 0.144. The molecule has 1 rings (SSSR count). The summed E-state index contributed by atoms with van der Waals surface area (Å²) in [6.45, 7) is 6.22. The summed E-state index contributed by atoms with van der Waals surface area (Å²) in [6, 6.07) is 3.98. The van der Waals surface area contributed by atoms with E-state index in [0.717, 1.165) is 4.88 Å². The number of nitrogens with one attached hydrogen (secondary N) is 1. The van der Waals surface area contributed by atoms with Gasteiger partial charge in [0.25, 0.3) is 0 Å². The van der Waals surface area contributed by atoms with Gasteiger partial charge in [0.2, 0.25) is 5.91 Å². The van der Waals surface area contributed by atoms with Crippen LogP contribution in [-0.2, 0) is 11.2 Å². The van der Waals surface area contributed by atoms with Crippen LogP contribution in [0.5, 0.6) is 0 Å². The summed E-state index contributed by atoms with van der Waals surface area (Å²) in [4.78, 5) is 13.8. The van der Waals surface area contributed by atoms with Gasteiger partial charge in [-0.15, -0.1) is 11.3 Å². The Morgan fingerprint density at radius 1 is 1.50 bits per heavy atom. The van der Waals surface area contributed by atoms with Gasteiger partial charge in [-0.1, -0.05) is 13.8 Å². The van der Waals surface area contributed by atoms with Crippen molar-refractivity contribution in [3.63, 3.8) is 0 Å². The van der Waals surface area contributed by atoms with Crippen LogP contribution in [0.4, 0.5) is 0 Å². The molecule has 0 fully saturated rings. The van der Waals surface area contributed by atoms with Crippen molar-refractivity contribution in [3.8, 4) is 0 Å². The Bertz CT molecular complexity index is 347. The molecule has 0 aliphatic heterocycles. The number of rotatable bonds is 5. The Morgan fingerprint density at radius 2 is 2.19 bits per heavy atom. The second-order valence-electron chi connectivity index (χ2n) is 4.30. The molecule has 0 aliphatic carbocycles. The van der Waals surface area contributed by atoms with Crippen LogP contribution in [-0.4, -0.2) is 23.7 Å². The van der Waals surface area contributed by atoms with Crippen LogP contribution in [0.25, 0.3) is 0 Å². The number of carbonyl (C=O) groups is 1. The molecule has 0 aromatic carbocycles. The van der Waals surface area contributed by atoms with Crippen LogP contribution < -0.4 is 5.32 Å². The van der Waals surface area contributed by atoms with E-state index < -0.39 is 6.10 Å². The molecule has 1 aromatic rings. The van der Waals surface area contributed by atoms with Crippen molar-refractivity contribution in [1.82, 2.24) is 5.32 Å². The zero-order valence-corrected chi connectivity index (χ0v) is 10.8. The van der Waals surface area contributed by atoms with Gasteiger partial charge in [-0.05, 0) is 25.0 Å². The number of aliphatic hydroxyl groups excluding tert-OH is 1. The molecular formula is C12H19NO2S. The summed E-state index contributed by atoms with van der Waals surface area (Å²) in [6.07, 6.45) is -0.0578. The van der Waals surface area contributed by atoms with Gasteiger partial charge in [0.15, 0.2) is 0 Å². The Balaban J connectivity index is 2.31. The van der Waals surface area contributed by atoms with Crippen molar-refractivity contribution >= 4 is 17.2 Å². The lowest BCUT2D eigenvalue weighted by Crippen LogP contribution is -2.35. The topological polar surface area (TPSA) is 49.3 Å². The highest BCUT2D eigenvalue weighted by Gasteiger charge is 2.11. The average Bonchev–Trinajstić information content (AvgIpc) is 2.60. The number of aliphatic hydroxyl groups is 1. The summed E-state index contributed by atoms with van der Waals surface area (Å²) in [5.41, 5.74) is 0. The SMILES string of the molecule is Cc1ccc(CC(=O)NCC(O)C(C)C)s1. The summed E-state index contributed by atoms with van der Waals surface area (Å²) >= 11 is 1.63. The summed E-state index contributed by atoms with van der Waals surface area (Å²) in [7, 11) is 0. The van der Waals surface area contributed by atoms with Gasteiger partial charge >= 0.3 is 0 Å². The molecule has 2 N–H and O–H groups in total. The molecule has 1 amide bonds. The Labute approximate surface area is 100 Å². The molecule has 1 aromatic heterocycles. The molecular weight excluding hydrogens is 222 g/mol. The predicted octanol–water partition coefficient (Wildman–Crippen LogP) is 1.73. The van der Waals surface area contributed by atoms with Crippen LogP contribution in [0.3, 0.4) is 0 Å². The molecule has 0 aliphatic rings. The quantitative estimate of drug-likeness (QED) is 0.825. The van der Waals surface area contributed by atoms with Crippen molar-refractivity contribution in [3.05, 3.63) is 21.9 Å². The summed E-state index contributed by atoms with van der Waals surface area (Å²) < 4.78 is 0. The Kier molecular flexibility index (Phi) is 4.96. The third-order valence-corrected chi connectivity index (χ3v) is 3.41. The molecule has 1 heterocycles. The molecule has 4 heteroatoms. The van der Waals surface area contributed by atoms with E-state index in [1.54, 1.807) is 11.3 Å². The zero-order valence-electron chi connectivity index (χ0n) is 9.99. The smallest absolute Gasteiger partial charge is 0.225 e. The minimum absolute atomic E-state index is 0.0263. The van der Waals surface area contributed by atoms with Gasteiger partial charge in [0.1, 0.15) is 0 Å². The maximum absolute atomic E-state index is 11.5. The Hall–Kier alpha value is -0.870. The largest absolute Gasteiger partial charge is 0.391 e. The van der Waals surface area contributed by atoms with Crippen LogP contribution in [0.15, 0.2) is 12.1 Å². The lowest BCUT2D eigenvalue weighted by molar-refractivity contribution is -0.121. The van der Waals surface area contributed by atoms with Crippen LogP contribution >= 0.6 is 11.3 Å². The molecule has 0 radical (unpaired) electrons. The van der Waals surface area contributed by atoms with E-state index in [2.05, 4.69) is 5.32 Å². The van der Waals surface area contributed by atoms with Gasteiger partial charge in [-0.3, -0.25) is 4.79 Å². The first-order chi connectivity index (χ1) is 7.49. The van der Waals surface area contributed by atoms with E-state index >= 15 is 0 Å². The zero-order chi connectivity index (χ0) is 12.1. The third-order valence-electron chi connectivity index (χ3n) is 2.41. The molecule has 1 atom stereocenters. The number of carbonyl (C=O) groups excluding carboxylic acids is 1. The standard InChI is InChI=1S/C12H19NO2S/c1-8(2)11(14)7-13-12(15)6-10-5-4-9(3)16-10/h4-5,8,11,14H,6-7H2,1-3H3,(H,13,15). The predicted molar refractivity (Wildman–Crippen MR) is 66.6 cm³/mol. The van der Waals surface area contributed by atoms with Gasteiger partial charge in [-0.2, -0.15) is 0 Å². The van der Waals surface area contributed by atoms with E-state index in [4.69, 9.17) is 0 Å². The van der Waals surface area contributed by atoms with Crippen LogP contribution in [0.1, 0.15) is 23.6 Å². The number of thiophene rings is 1. The highest BCUT2D eigenvalue weighted by atomic mass is 32.1. The monoisotopic (exact) mass is 241 g/mol. The van der Waals surface area contributed by atoms with Crippen LogP contribution in [0, 0.1) is 12.8 Å². The number of amides is 1. The molecule has 0 saturated heterocycles. The number of hydrogen-bond acceptors (Lipinski definition) is 3. The third kappa shape index (κ3) is 4.33. The maximum atomic E-state index is 11.5. The summed E-state index contributed by atoms with van der Waals surface area (Å²) in [5, 5.41) is 12.3. The molecule has 90 valence electrons. The van der Waals surface area contributed by atoms with Crippen LogP contribution in [0.2, 0.25) is 0 Å². The lowest BCUT2D eigenvalue weighted by Gasteiger charge is -2.14. The van der Waals surface area contributed by atoms with E-state index in [9.17, 15) is 9.90 Å². The van der Waals surface area contributed by atoms with E-state index in [1.165, 1.54) is 4.88 Å². The number of aryl methyl sites for hydroxylation is 1. The van der Waals surface area contributed by atoms with Crippen molar-refractivity contribution in [1.29, 1.82) is 0 Å². The first-order valence-corrected chi connectivity index (χ1v) is 6.30. The number of hydrogen-bond donors (Lipinski definition) is 2. The highest BCUT2D eigenvalue weighted by Crippen LogP contribution is 2.15. The lowest BCUT2D eigenvalue weighted by atomic mass is 10.1. The van der Waals surface area contributed by atoms with Crippen molar-refractivity contribution in [2.24, 2.45) is 5.92 Å². The van der Waals surface area contributed by atoms with Gasteiger partial charge in [0, 0.05) is 16.3 Å². The highest BCUT2D eigenvalue weighted by molar-refractivity contribution is 7.12. The fraction of sp³-hybridized carbons (Fsp3) is 0.583. The van der Waals surface area contributed by atoms with Gasteiger partial charge in [0.05, 0.1) is 12.5 Å². The minimum Gasteiger partial charge on any atom is -0.391 e. The fourth-order valence-electron chi connectivity index (χ4n) is 1.25. The maximum Gasteiger partial charge on any atom is 0.225 e. The first-order valence-electron chi connectivity index (χ1n) is 5.49. The van der Waals surface area contributed by atoms with E-state index in [0.29, 0.717) is 13.0 Å². The normalized spacial score (nSPS) is 12.8. The van der Waals surface area contributed by atoms with E-state index in [-0.39, 0.29) is 11.8 Å². The minimum atomic E-state index is -0.464. The second kappa shape index (κ2) is 6.01. The molecule has 3 nitrogen and oxygen atoms in total. The fourth-order valence-corrected chi connectivity index (χ4v) is 2.14. The van der Waals surface area contributed by atoms with Crippen molar-refractivity contribution < 1.29 is 9.90 Å². The molecule has 0 saturated carbocycles. The van der Waals surface area contributed by atoms with Crippen molar-refractivity contribution in [2.75, 3.05) is 6.54 Å². The van der Waals surface area contributed by atoms with Crippen molar-refractivity contribution in [2.45, 2.75) is 33.3 Å². The molecule has 1 unspecified atom stereocenters. The first kappa shape index (κ1) is 13.2. The van der Waals surface area contributed by atoms with E-state index in [1.807, 2.05) is 32.9 Å². The molecule has 0 bridgehead atoms. The average molecular weight is 241 g/mol.